The number of nitrogens with one attached hydrogen (secondary N) is 1. The van der Waals surface area contributed by atoms with Crippen molar-refractivity contribution >= 4 is 11.8 Å². The van der Waals surface area contributed by atoms with Crippen molar-refractivity contribution in [3.05, 3.63) is 0 Å². The molecule has 0 aromatic carbocycles. The Morgan fingerprint density at radius 3 is 3.00 bits per heavy atom. The molecule has 1 rings (SSSR count). The van der Waals surface area contributed by atoms with Gasteiger partial charge in [-0.1, -0.05) is 5.92 Å². The van der Waals surface area contributed by atoms with Gasteiger partial charge in [-0.25, -0.2) is 0 Å². The van der Waals surface area contributed by atoms with Crippen LogP contribution in [0.2, 0.25) is 0 Å². The summed E-state index contributed by atoms with van der Waals surface area (Å²) in [5.74, 6) is 4.88. The lowest BCUT2D eigenvalue weighted by molar-refractivity contribution is 0.393. The van der Waals surface area contributed by atoms with Crippen molar-refractivity contribution < 1.29 is 0 Å². The normalized spacial score (nSPS) is 30.2. The van der Waals surface area contributed by atoms with Gasteiger partial charge in [0, 0.05) is 17.8 Å². The number of thioether (sulfide) groups is 1. The molecule has 1 fully saturated rings. The number of hydrogen-bond acceptors (Lipinski definition) is 3. The molecule has 11 heavy (non-hydrogen) atoms. The maximum atomic E-state index is 5.67. The third kappa shape index (κ3) is 2.13. The summed E-state index contributed by atoms with van der Waals surface area (Å²) in [5.41, 5.74) is 5.80. The zero-order chi connectivity index (χ0) is 8.16. The van der Waals surface area contributed by atoms with Crippen LogP contribution in [0.3, 0.4) is 0 Å². The summed E-state index contributed by atoms with van der Waals surface area (Å²) in [6, 6.07) is 0. The van der Waals surface area contributed by atoms with Gasteiger partial charge in [0.25, 0.3) is 0 Å². The summed E-state index contributed by atoms with van der Waals surface area (Å²) in [5, 5.41) is 3.31. The van der Waals surface area contributed by atoms with Gasteiger partial charge in [-0.3, -0.25) is 5.32 Å². The van der Waals surface area contributed by atoms with Crippen molar-refractivity contribution in [3.63, 3.8) is 0 Å². The lowest BCUT2D eigenvalue weighted by atomic mass is 9.99. The second-order valence-corrected chi connectivity index (χ2v) is 3.95. The van der Waals surface area contributed by atoms with E-state index < -0.39 is 0 Å². The Labute approximate surface area is 72.3 Å². The predicted octanol–water partition coefficient (Wildman–Crippen LogP) is 0.0436. The SMILES string of the molecule is C#CCNC1(CN)CCSC1. The van der Waals surface area contributed by atoms with Crippen LogP contribution in [0.15, 0.2) is 0 Å². The van der Waals surface area contributed by atoms with Crippen LogP contribution >= 0.6 is 11.8 Å². The van der Waals surface area contributed by atoms with Gasteiger partial charge in [-0.15, -0.1) is 6.42 Å². The van der Waals surface area contributed by atoms with E-state index in [1.54, 1.807) is 0 Å². The van der Waals surface area contributed by atoms with Gasteiger partial charge >= 0.3 is 0 Å². The molecule has 0 aliphatic carbocycles. The minimum Gasteiger partial charge on any atom is -0.329 e. The average molecular weight is 170 g/mol. The first kappa shape index (κ1) is 8.92. The van der Waals surface area contributed by atoms with Crippen molar-refractivity contribution in [1.82, 2.24) is 5.32 Å². The van der Waals surface area contributed by atoms with E-state index in [0.29, 0.717) is 13.1 Å². The molecule has 1 aliphatic heterocycles. The Morgan fingerprint density at radius 2 is 2.55 bits per heavy atom. The largest absolute Gasteiger partial charge is 0.329 e. The quantitative estimate of drug-likeness (QED) is 0.588. The molecule has 3 heteroatoms. The first-order valence-corrected chi connectivity index (χ1v) is 4.95. The highest BCUT2D eigenvalue weighted by Gasteiger charge is 2.31. The standard InChI is InChI=1S/C8H14N2S/c1-2-4-10-8(6-9)3-5-11-7-8/h1,10H,3-7,9H2. The minimum atomic E-state index is 0.136. The molecule has 0 amide bonds. The maximum Gasteiger partial charge on any atom is 0.0578 e. The number of nitrogens with two attached hydrogens (primary N) is 1. The Bertz CT molecular complexity index is 156. The summed E-state index contributed by atoms with van der Waals surface area (Å²) in [6.45, 7) is 1.33. The number of rotatable bonds is 3. The number of hydrogen-bond donors (Lipinski definition) is 2. The van der Waals surface area contributed by atoms with Crippen LogP contribution in [0.4, 0.5) is 0 Å². The molecule has 0 aromatic rings. The third-order valence-corrected chi connectivity index (χ3v) is 3.31. The van der Waals surface area contributed by atoms with Crippen LogP contribution in [0.1, 0.15) is 6.42 Å². The molecule has 0 spiro atoms. The van der Waals surface area contributed by atoms with Crippen molar-refractivity contribution in [1.29, 1.82) is 0 Å². The van der Waals surface area contributed by atoms with E-state index >= 15 is 0 Å². The van der Waals surface area contributed by atoms with E-state index in [2.05, 4.69) is 11.2 Å². The van der Waals surface area contributed by atoms with Crippen LogP contribution in [-0.2, 0) is 0 Å². The molecule has 0 bridgehead atoms. The maximum absolute atomic E-state index is 5.67. The fourth-order valence-corrected chi connectivity index (χ4v) is 2.65. The topological polar surface area (TPSA) is 38.0 Å². The van der Waals surface area contributed by atoms with Crippen LogP contribution < -0.4 is 11.1 Å². The molecule has 62 valence electrons. The predicted molar refractivity (Wildman–Crippen MR) is 50.6 cm³/mol. The molecule has 1 aliphatic rings. The van der Waals surface area contributed by atoms with Crippen LogP contribution in [0.25, 0.3) is 0 Å². The molecule has 1 unspecified atom stereocenters. The van der Waals surface area contributed by atoms with Gasteiger partial charge in [0.2, 0.25) is 0 Å². The van der Waals surface area contributed by atoms with E-state index in [9.17, 15) is 0 Å². The summed E-state index contributed by atoms with van der Waals surface area (Å²) in [7, 11) is 0. The summed E-state index contributed by atoms with van der Waals surface area (Å²) < 4.78 is 0. The monoisotopic (exact) mass is 170 g/mol. The molecule has 3 N–H and O–H groups in total. The lowest BCUT2D eigenvalue weighted by Crippen LogP contribution is -2.51. The van der Waals surface area contributed by atoms with Crippen molar-refractivity contribution in [2.75, 3.05) is 24.6 Å². The van der Waals surface area contributed by atoms with Gasteiger partial charge in [-0.2, -0.15) is 11.8 Å². The smallest absolute Gasteiger partial charge is 0.0578 e. The van der Waals surface area contributed by atoms with Crippen LogP contribution in [0, 0.1) is 12.3 Å². The molecule has 1 saturated heterocycles. The van der Waals surface area contributed by atoms with Crippen molar-refractivity contribution in [2.24, 2.45) is 5.73 Å². The van der Waals surface area contributed by atoms with Crippen molar-refractivity contribution in [2.45, 2.75) is 12.0 Å². The highest BCUT2D eigenvalue weighted by atomic mass is 32.2. The Kier molecular flexibility index (Phi) is 3.25. The first-order valence-electron chi connectivity index (χ1n) is 3.79. The number of terminal acetylenes is 1. The van der Waals surface area contributed by atoms with Gasteiger partial charge in [-0.05, 0) is 12.2 Å². The van der Waals surface area contributed by atoms with Gasteiger partial charge in [0.1, 0.15) is 0 Å². The molecule has 0 saturated carbocycles. The fraction of sp³-hybridized carbons (Fsp3) is 0.750. The molecule has 2 nitrogen and oxygen atoms in total. The van der Waals surface area contributed by atoms with E-state index in [4.69, 9.17) is 12.2 Å². The summed E-state index contributed by atoms with van der Waals surface area (Å²) in [4.78, 5) is 0. The van der Waals surface area contributed by atoms with Crippen molar-refractivity contribution in [3.8, 4) is 12.3 Å². The van der Waals surface area contributed by atoms with Gasteiger partial charge < -0.3 is 5.73 Å². The lowest BCUT2D eigenvalue weighted by Gasteiger charge is -2.26. The second kappa shape index (κ2) is 4.01. The molecule has 1 heterocycles. The first-order chi connectivity index (χ1) is 5.33. The average Bonchev–Trinajstić information content (AvgIpc) is 2.50. The van der Waals surface area contributed by atoms with E-state index in [1.807, 2.05) is 11.8 Å². The summed E-state index contributed by atoms with van der Waals surface area (Å²) in [6.07, 6.45) is 6.31. The van der Waals surface area contributed by atoms with E-state index in [1.165, 1.54) is 5.75 Å². The Balaban J connectivity index is 2.40. The molecular weight excluding hydrogens is 156 g/mol. The zero-order valence-electron chi connectivity index (χ0n) is 6.60. The highest BCUT2D eigenvalue weighted by Crippen LogP contribution is 2.26. The Morgan fingerprint density at radius 1 is 1.73 bits per heavy atom. The molecule has 1 atom stereocenters. The zero-order valence-corrected chi connectivity index (χ0v) is 7.41. The van der Waals surface area contributed by atoms with Gasteiger partial charge in [0.05, 0.1) is 6.54 Å². The molecule has 0 radical (unpaired) electrons. The van der Waals surface area contributed by atoms with Gasteiger partial charge in [0.15, 0.2) is 0 Å². The fourth-order valence-electron chi connectivity index (χ4n) is 1.22. The molecular formula is C8H14N2S. The molecule has 0 aromatic heterocycles. The van der Waals surface area contributed by atoms with Crippen LogP contribution in [0.5, 0.6) is 0 Å². The van der Waals surface area contributed by atoms with E-state index in [0.717, 1.165) is 12.2 Å². The van der Waals surface area contributed by atoms with Crippen LogP contribution in [-0.4, -0.2) is 30.1 Å². The third-order valence-electron chi connectivity index (χ3n) is 2.06. The second-order valence-electron chi connectivity index (χ2n) is 2.84. The minimum absolute atomic E-state index is 0.136. The highest BCUT2D eigenvalue weighted by molar-refractivity contribution is 7.99. The Hall–Kier alpha value is -0.170. The van der Waals surface area contributed by atoms with E-state index in [-0.39, 0.29) is 5.54 Å². The summed E-state index contributed by atoms with van der Waals surface area (Å²) >= 11 is 1.94.